The minimum atomic E-state index is -0.531. The molecule has 8 nitrogen and oxygen atoms in total. The van der Waals surface area contributed by atoms with Gasteiger partial charge in [-0.05, 0) is 90.9 Å². The normalized spacial score (nSPS) is 16.7. The average Bonchev–Trinajstić information content (AvgIpc) is 2.97. The van der Waals surface area contributed by atoms with Crippen molar-refractivity contribution < 1.29 is 27.9 Å². The van der Waals surface area contributed by atoms with E-state index in [9.17, 15) is 18.8 Å². The molecule has 0 spiro atoms. The zero-order valence-electron chi connectivity index (χ0n) is 23.9. The third kappa shape index (κ3) is 5.88. The van der Waals surface area contributed by atoms with Gasteiger partial charge >= 0.3 is 5.63 Å². The maximum absolute atomic E-state index is 14.8. The van der Waals surface area contributed by atoms with E-state index in [1.165, 1.54) is 12.1 Å². The van der Waals surface area contributed by atoms with Crippen LogP contribution in [0.2, 0.25) is 0 Å². The van der Waals surface area contributed by atoms with Crippen molar-refractivity contribution in [1.29, 1.82) is 0 Å². The van der Waals surface area contributed by atoms with Gasteiger partial charge in [-0.15, -0.1) is 0 Å². The van der Waals surface area contributed by atoms with Crippen LogP contribution in [-0.2, 0) is 17.6 Å². The molecule has 1 atom stereocenters. The minimum absolute atomic E-state index is 0.0324. The van der Waals surface area contributed by atoms with Gasteiger partial charge in [0.25, 0.3) is 5.91 Å². The van der Waals surface area contributed by atoms with E-state index in [0.29, 0.717) is 60.7 Å². The topological polar surface area (TPSA) is 98.1 Å². The Kier molecular flexibility index (Phi) is 7.71. The molecule has 1 N–H and O–H groups in total. The zero-order chi connectivity index (χ0) is 30.1. The number of aryl methyl sites for hydroxylation is 2. The predicted octanol–water partition coefficient (Wildman–Crippen LogP) is 5.42. The van der Waals surface area contributed by atoms with Crippen molar-refractivity contribution in [3.05, 3.63) is 122 Å². The average molecular weight is 583 g/mol. The van der Waals surface area contributed by atoms with Gasteiger partial charge in [0, 0.05) is 19.2 Å². The molecule has 43 heavy (non-hydrogen) atoms. The fourth-order valence-corrected chi connectivity index (χ4v) is 5.84. The molecule has 0 saturated carbocycles. The number of halogens is 1. The third-order valence-corrected chi connectivity index (χ3v) is 7.83. The molecule has 3 aliphatic rings. The lowest BCUT2D eigenvalue weighted by molar-refractivity contribution is -0.120. The summed E-state index contributed by atoms with van der Waals surface area (Å²) in [4.78, 5) is 40.3. The first-order chi connectivity index (χ1) is 20.8. The number of nitrogens with zero attached hydrogens (tertiary/aromatic N) is 1. The first-order valence-electron chi connectivity index (χ1n) is 14.3. The van der Waals surface area contributed by atoms with Crippen LogP contribution in [0.25, 0.3) is 0 Å². The van der Waals surface area contributed by atoms with Crippen molar-refractivity contribution in [2.75, 3.05) is 19.7 Å². The highest BCUT2D eigenvalue weighted by molar-refractivity contribution is 5.97. The standard InChI is InChI=1S/C34H31FN2O6/c1-20-15-31(39)42-21(2)32(20)34(40)37-13-11-23-18-26-8-9-27(23)33(37)24-5-3-6-25(19-24)41-14-4-12-36-30(38)17-22-7-10-28(35)29(16-22)43-26/h3,5-10,15-16,18-19,33H,4,11-14,17H2,1-2H3,(H,36,38). The first kappa shape index (κ1) is 28.2. The lowest BCUT2D eigenvalue weighted by Crippen LogP contribution is -2.41. The number of carbonyl (C=O) groups excluding carboxylic acids is 2. The largest absolute Gasteiger partial charge is 0.494 e. The second-order valence-corrected chi connectivity index (χ2v) is 10.9. The Bertz CT molecular complexity index is 1760. The number of carbonyl (C=O) groups is 2. The fraction of sp³-hybridized carbons (Fsp3) is 0.265. The Morgan fingerprint density at radius 2 is 1.86 bits per heavy atom. The van der Waals surface area contributed by atoms with Crippen molar-refractivity contribution in [2.45, 2.75) is 39.2 Å². The number of ether oxygens (including phenoxy) is 2. The van der Waals surface area contributed by atoms with Crippen LogP contribution >= 0.6 is 0 Å². The van der Waals surface area contributed by atoms with Gasteiger partial charge in [-0.2, -0.15) is 0 Å². The quantitative estimate of drug-likeness (QED) is 0.322. The number of fused-ring (bicyclic) bond motifs is 7. The van der Waals surface area contributed by atoms with E-state index in [0.717, 1.165) is 16.7 Å². The maximum atomic E-state index is 14.8. The molecule has 8 bridgehead atoms. The van der Waals surface area contributed by atoms with Gasteiger partial charge in [0.15, 0.2) is 11.6 Å². The summed E-state index contributed by atoms with van der Waals surface area (Å²) in [6, 6.07) is 18.4. The Morgan fingerprint density at radius 1 is 1.00 bits per heavy atom. The van der Waals surface area contributed by atoms with Crippen molar-refractivity contribution in [3.63, 3.8) is 0 Å². The van der Waals surface area contributed by atoms with E-state index in [1.54, 1.807) is 36.9 Å². The molecular formula is C34H31FN2O6. The zero-order valence-corrected chi connectivity index (χ0v) is 23.9. The van der Waals surface area contributed by atoms with Gasteiger partial charge in [-0.25, -0.2) is 9.18 Å². The summed E-state index contributed by atoms with van der Waals surface area (Å²) in [5, 5.41) is 2.88. The van der Waals surface area contributed by atoms with Gasteiger partial charge in [-0.3, -0.25) is 9.59 Å². The monoisotopic (exact) mass is 582 g/mol. The lowest BCUT2D eigenvalue weighted by atomic mass is 9.87. The van der Waals surface area contributed by atoms with Crippen LogP contribution in [0.3, 0.4) is 0 Å². The van der Waals surface area contributed by atoms with Crippen LogP contribution in [0.5, 0.6) is 17.2 Å². The molecule has 4 heterocycles. The lowest BCUT2D eigenvalue weighted by Gasteiger charge is -2.38. The van der Waals surface area contributed by atoms with Gasteiger partial charge in [0.1, 0.15) is 17.3 Å². The molecular weight excluding hydrogens is 551 g/mol. The van der Waals surface area contributed by atoms with Gasteiger partial charge < -0.3 is 24.1 Å². The number of benzene rings is 3. The second kappa shape index (κ2) is 11.8. The minimum Gasteiger partial charge on any atom is -0.494 e. The number of rotatable bonds is 1. The summed E-state index contributed by atoms with van der Waals surface area (Å²) in [5.41, 5.74) is 3.76. The molecule has 2 amide bonds. The number of nitrogens with one attached hydrogen (secondary N) is 1. The third-order valence-electron chi connectivity index (χ3n) is 7.83. The SMILES string of the molecule is Cc1cc(=O)oc(C)c1C(=O)N1CCc2cc3ccc2C1c1cccc(c1)OCCCNC(=O)Cc1ccc(F)c(c1)O3. The second-order valence-electron chi connectivity index (χ2n) is 10.9. The molecule has 7 rings (SSSR count). The van der Waals surface area contributed by atoms with Crippen LogP contribution in [0.4, 0.5) is 4.39 Å². The molecule has 1 unspecified atom stereocenters. The highest BCUT2D eigenvalue weighted by Crippen LogP contribution is 2.40. The van der Waals surface area contributed by atoms with E-state index < -0.39 is 17.5 Å². The number of amides is 2. The first-order valence-corrected chi connectivity index (χ1v) is 14.3. The van der Waals surface area contributed by atoms with Crippen LogP contribution in [0.15, 0.2) is 75.9 Å². The molecule has 0 fully saturated rings. The van der Waals surface area contributed by atoms with Crippen molar-refractivity contribution in [3.8, 4) is 17.2 Å². The molecule has 220 valence electrons. The highest BCUT2D eigenvalue weighted by Gasteiger charge is 2.35. The van der Waals surface area contributed by atoms with Crippen molar-refractivity contribution in [2.24, 2.45) is 0 Å². The molecule has 3 aliphatic heterocycles. The van der Waals surface area contributed by atoms with E-state index in [2.05, 4.69) is 5.32 Å². The smallest absolute Gasteiger partial charge is 0.336 e. The summed E-state index contributed by atoms with van der Waals surface area (Å²) in [6.07, 6.45) is 1.21. The molecule has 0 saturated heterocycles. The number of hydrogen-bond donors (Lipinski definition) is 1. The van der Waals surface area contributed by atoms with Gasteiger partial charge in [0.05, 0.1) is 24.6 Å². The highest BCUT2D eigenvalue weighted by atomic mass is 19.1. The predicted molar refractivity (Wildman–Crippen MR) is 157 cm³/mol. The Labute approximate surface area is 248 Å². The molecule has 0 radical (unpaired) electrons. The van der Waals surface area contributed by atoms with Gasteiger partial charge in [0.2, 0.25) is 5.91 Å². The van der Waals surface area contributed by atoms with E-state index in [4.69, 9.17) is 13.9 Å². The van der Waals surface area contributed by atoms with E-state index >= 15 is 0 Å². The summed E-state index contributed by atoms with van der Waals surface area (Å²) >= 11 is 0. The van der Waals surface area contributed by atoms with Crippen molar-refractivity contribution in [1.82, 2.24) is 10.2 Å². The molecule has 9 heteroatoms. The Balaban J connectivity index is 1.44. The summed E-state index contributed by atoms with van der Waals surface area (Å²) in [6.45, 7) is 4.55. The van der Waals surface area contributed by atoms with Crippen LogP contribution in [0, 0.1) is 19.7 Å². The summed E-state index contributed by atoms with van der Waals surface area (Å²) < 4.78 is 32.1. The fourth-order valence-electron chi connectivity index (χ4n) is 5.84. The van der Waals surface area contributed by atoms with E-state index in [-0.39, 0.29) is 29.7 Å². The number of hydrogen-bond acceptors (Lipinski definition) is 6. The summed E-state index contributed by atoms with van der Waals surface area (Å²) in [5.74, 6) is 0.450. The van der Waals surface area contributed by atoms with Gasteiger partial charge in [-0.1, -0.05) is 24.3 Å². The molecule has 1 aromatic heterocycles. The molecule has 0 aliphatic carbocycles. The van der Waals surface area contributed by atoms with Crippen LogP contribution < -0.4 is 20.4 Å². The molecule has 4 aromatic rings. The Hall–Kier alpha value is -4.92. The maximum Gasteiger partial charge on any atom is 0.336 e. The van der Waals surface area contributed by atoms with Crippen LogP contribution in [0.1, 0.15) is 56.4 Å². The Morgan fingerprint density at radius 3 is 2.70 bits per heavy atom. The van der Waals surface area contributed by atoms with Crippen molar-refractivity contribution >= 4 is 11.8 Å². The summed E-state index contributed by atoms with van der Waals surface area (Å²) in [7, 11) is 0. The van der Waals surface area contributed by atoms with E-state index in [1.807, 2.05) is 36.4 Å². The van der Waals surface area contributed by atoms with Crippen LogP contribution in [-0.4, -0.2) is 36.4 Å². The molecule has 3 aromatic carbocycles.